The molecular weight excluding hydrogens is 293 g/mol. The lowest BCUT2D eigenvalue weighted by Crippen LogP contribution is -2.21. The molecule has 0 aliphatic carbocycles. The Morgan fingerprint density at radius 1 is 1.50 bits per heavy atom. The highest BCUT2D eigenvalue weighted by molar-refractivity contribution is 9.10. The minimum absolute atomic E-state index is 0.0931. The Morgan fingerprint density at radius 2 is 2.19 bits per heavy atom. The average molecular weight is 303 g/mol. The molecule has 1 N–H and O–H groups in total. The monoisotopic (exact) mass is 301 g/mol. The van der Waals surface area contributed by atoms with Crippen molar-refractivity contribution in [2.45, 2.75) is 0 Å². The van der Waals surface area contributed by atoms with Crippen molar-refractivity contribution in [3.63, 3.8) is 0 Å². The highest BCUT2D eigenvalue weighted by Gasteiger charge is 2.29. The third kappa shape index (κ3) is 1.83. The zero-order chi connectivity index (χ0) is 11.9. The number of benzene rings is 1. The molecule has 0 aromatic heterocycles. The van der Waals surface area contributed by atoms with Crippen molar-refractivity contribution in [2.24, 2.45) is 0 Å². The Hall–Kier alpha value is -1.00. The Labute approximate surface area is 106 Å². The van der Waals surface area contributed by atoms with Crippen molar-refractivity contribution in [1.29, 1.82) is 0 Å². The molecule has 2 rings (SSSR count). The minimum atomic E-state index is -0.180. The van der Waals surface area contributed by atoms with Crippen LogP contribution in [0.2, 0.25) is 5.02 Å². The lowest BCUT2D eigenvalue weighted by atomic mass is 10.1. The molecule has 0 atom stereocenters. The molecule has 0 fully saturated rings. The van der Waals surface area contributed by atoms with Crippen LogP contribution in [0.5, 0.6) is 0 Å². The molecule has 0 saturated carbocycles. The van der Waals surface area contributed by atoms with Crippen molar-refractivity contribution in [1.82, 2.24) is 4.90 Å². The number of amides is 1. The Morgan fingerprint density at radius 3 is 2.69 bits per heavy atom. The zero-order valence-electron chi connectivity index (χ0n) is 8.50. The first kappa shape index (κ1) is 11.5. The van der Waals surface area contributed by atoms with Gasteiger partial charge in [0.1, 0.15) is 5.76 Å². The van der Waals surface area contributed by atoms with Crippen LogP contribution in [0.25, 0.3) is 5.57 Å². The van der Waals surface area contributed by atoms with E-state index < -0.39 is 0 Å². The first-order valence-corrected chi connectivity index (χ1v) is 5.81. The van der Waals surface area contributed by atoms with Crippen LogP contribution in [0, 0.1) is 0 Å². The fourth-order valence-corrected chi connectivity index (χ4v) is 2.53. The standard InChI is InChI=1S/C11H9BrClNO2/c1-14-5-9(15)10(11(14)16)7-3-2-6(13)4-8(7)12/h2-4,15H,5H2,1H3. The lowest BCUT2D eigenvalue weighted by molar-refractivity contribution is -0.122. The van der Waals surface area contributed by atoms with Gasteiger partial charge in [0.25, 0.3) is 5.91 Å². The van der Waals surface area contributed by atoms with Crippen molar-refractivity contribution >= 4 is 39.0 Å². The van der Waals surface area contributed by atoms with Gasteiger partial charge in [-0.05, 0) is 12.1 Å². The van der Waals surface area contributed by atoms with E-state index in [1.54, 1.807) is 25.2 Å². The van der Waals surface area contributed by atoms with Crippen LogP contribution < -0.4 is 0 Å². The normalized spacial score (nSPS) is 16.2. The second-order valence-corrected chi connectivity index (χ2v) is 4.90. The molecule has 0 spiro atoms. The van der Waals surface area contributed by atoms with Crippen LogP contribution >= 0.6 is 27.5 Å². The molecule has 1 aromatic carbocycles. The summed E-state index contributed by atoms with van der Waals surface area (Å²) in [5.74, 6) is -0.0870. The summed E-state index contributed by atoms with van der Waals surface area (Å²) < 4.78 is 0.699. The van der Waals surface area contributed by atoms with Crippen molar-refractivity contribution in [2.75, 3.05) is 13.6 Å². The third-order valence-electron chi connectivity index (χ3n) is 2.44. The summed E-state index contributed by atoms with van der Waals surface area (Å²) in [6.07, 6.45) is 0. The molecule has 0 unspecified atom stereocenters. The highest BCUT2D eigenvalue weighted by atomic mass is 79.9. The maximum atomic E-state index is 11.8. The van der Waals surface area contributed by atoms with Gasteiger partial charge < -0.3 is 10.0 Å². The number of carbonyl (C=O) groups excluding carboxylic acids is 1. The third-order valence-corrected chi connectivity index (χ3v) is 3.33. The molecule has 5 heteroatoms. The Kier molecular flexibility index (Phi) is 2.95. The van der Waals surface area contributed by atoms with Gasteiger partial charge in [-0.2, -0.15) is 0 Å². The molecule has 1 amide bonds. The van der Waals surface area contributed by atoms with Crippen LogP contribution in [0.15, 0.2) is 28.4 Å². The predicted octanol–water partition coefficient (Wildman–Crippen LogP) is 2.84. The number of rotatable bonds is 1. The summed E-state index contributed by atoms with van der Waals surface area (Å²) in [5.41, 5.74) is 1.00. The molecule has 0 radical (unpaired) electrons. The topological polar surface area (TPSA) is 40.5 Å². The van der Waals surface area contributed by atoms with E-state index in [0.717, 1.165) is 0 Å². The second kappa shape index (κ2) is 4.11. The molecule has 3 nitrogen and oxygen atoms in total. The summed E-state index contributed by atoms with van der Waals surface area (Å²) >= 11 is 9.15. The first-order chi connectivity index (χ1) is 7.50. The van der Waals surface area contributed by atoms with Gasteiger partial charge in [-0.3, -0.25) is 4.79 Å². The molecule has 84 valence electrons. The quantitative estimate of drug-likeness (QED) is 0.866. The first-order valence-electron chi connectivity index (χ1n) is 4.63. The number of hydrogen-bond acceptors (Lipinski definition) is 2. The van der Waals surface area contributed by atoms with E-state index in [9.17, 15) is 9.90 Å². The number of halogens is 2. The number of likely N-dealkylation sites (N-methyl/N-ethyl adjacent to an activating group) is 1. The second-order valence-electron chi connectivity index (χ2n) is 3.61. The maximum absolute atomic E-state index is 11.8. The van der Waals surface area contributed by atoms with E-state index in [1.165, 1.54) is 4.90 Å². The van der Waals surface area contributed by atoms with Gasteiger partial charge in [0.2, 0.25) is 0 Å². The van der Waals surface area contributed by atoms with Crippen molar-refractivity contribution in [3.05, 3.63) is 39.0 Å². The van der Waals surface area contributed by atoms with Gasteiger partial charge in [0.15, 0.2) is 0 Å². The summed E-state index contributed by atoms with van der Waals surface area (Å²) in [6.45, 7) is 0.253. The summed E-state index contributed by atoms with van der Waals surface area (Å²) in [7, 11) is 1.65. The molecule has 0 saturated heterocycles. The van der Waals surface area contributed by atoms with E-state index in [-0.39, 0.29) is 18.2 Å². The van der Waals surface area contributed by atoms with E-state index in [2.05, 4.69) is 15.9 Å². The van der Waals surface area contributed by atoms with E-state index in [1.807, 2.05) is 0 Å². The number of aliphatic hydroxyl groups is 1. The molecule has 0 bridgehead atoms. The summed E-state index contributed by atoms with van der Waals surface area (Å²) in [5, 5.41) is 10.3. The highest BCUT2D eigenvalue weighted by Crippen LogP contribution is 2.32. The molecule has 1 aliphatic heterocycles. The fraction of sp³-hybridized carbons (Fsp3) is 0.182. The van der Waals surface area contributed by atoms with Gasteiger partial charge in [-0.25, -0.2) is 0 Å². The predicted molar refractivity (Wildman–Crippen MR) is 66.3 cm³/mol. The van der Waals surface area contributed by atoms with Crippen molar-refractivity contribution < 1.29 is 9.90 Å². The Bertz CT molecular complexity index is 499. The van der Waals surface area contributed by atoms with E-state index in [0.29, 0.717) is 20.6 Å². The number of nitrogens with zero attached hydrogens (tertiary/aromatic N) is 1. The summed E-state index contributed by atoms with van der Waals surface area (Å²) in [4.78, 5) is 13.3. The van der Waals surface area contributed by atoms with Gasteiger partial charge in [0.05, 0.1) is 12.1 Å². The summed E-state index contributed by atoms with van der Waals surface area (Å²) in [6, 6.07) is 5.10. The van der Waals surface area contributed by atoms with Gasteiger partial charge in [-0.1, -0.05) is 33.6 Å². The van der Waals surface area contributed by atoms with E-state index in [4.69, 9.17) is 11.6 Å². The van der Waals surface area contributed by atoms with Crippen LogP contribution in [0.1, 0.15) is 5.56 Å². The van der Waals surface area contributed by atoms with Crippen LogP contribution in [0.4, 0.5) is 0 Å². The average Bonchev–Trinajstić information content (AvgIpc) is 2.43. The largest absolute Gasteiger partial charge is 0.510 e. The van der Waals surface area contributed by atoms with Gasteiger partial charge in [0, 0.05) is 22.1 Å². The van der Waals surface area contributed by atoms with E-state index >= 15 is 0 Å². The number of carbonyl (C=O) groups is 1. The lowest BCUT2D eigenvalue weighted by Gasteiger charge is -2.08. The Balaban J connectivity index is 2.53. The van der Waals surface area contributed by atoms with Crippen molar-refractivity contribution in [3.8, 4) is 0 Å². The SMILES string of the molecule is CN1CC(O)=C(c2ccc(Cl)cc2Br)C1=O. The van der Waals surface area contributed by atoms with Gasteiger partial charge in [-0.15, -0.1) is 0 Å². The van der Waals surface area contributed by atoms with Crippen LogP contribution in [-0.2, 0) is 4.79 Å². The molecular formula is C11H9BrClNO2. The van der Waals surface area contributed by atoms with Crippen LogP contribution in [0.3, 0.4) is 0 Å². The number of aliphatic hydroxyl groups excluding tert-OH is 1. The smallest absolute Gasteiger partial charge is 0.258 e. The van der Waals surface area contributed by atoms with Crippen LogP contribution in [-0.4, -0.2) is 29.5 Å². The molecule has 1 aliphatic rings. The number of hydrogen-bond donors (Lipinski definition) is 1. The molecule has 16 heavy (non-hydrogen) atoms. The minimum Gasteiger partial charge on any atom is -0.510 e. The maximum Gasteiger partial charge on any atom is 0.258 e. The van der Waals surface area contributed by atoms with Gasteiger partial charge >= 0.3 is 0 Å². The zero-order valence-corrected chi connectivity index (χ0v) is 10.8. The fourth-order valence-electron chi connectivity index (χ4n) is 1.65. The molecule has 1 heterocycles. The molecule has 1 aromatic rings.